The molecule has 10 nitrogen and oxygen atoms in total. The van der Waals surface area contributed by atoms with Gasteiger partial charge in [-0.05, 0) is 73.0 Å². The molecule has 3 N–H and O–H groups in total. The number of fused-ring (bicyclic) bond motifs is 1. The number of hydrogen-bond acceptors (Lipinski definition) is 7. The predicted molar refractivity (Wildman–Crippen MR) is 142 cm³/mol. The number of nitrogens with zero attached hydrogens (tertiary/aromatic N) is 1. The van der Waals surface area contributed by atoms with Crippen LogP contribution in [0.15, 0.2) is 59.7 Å². The number of hydrogen-bond donors (Lipinski definition) is 3. The van der Waals surface area contributed by atoms with Gasteiger partial charge in [0.05, 0.1) is 6.21 Å². The fraction of sp³-hybridized carbons (Fsp3) is 0.185. The minimum absolute atomic E-state index is 0.114. The summed E-state index contributed by atoms with van der Waals surface area (Å²) in [6, 6.07) is 15.5. The minimum Gasteiger partial charge on any atom is -0.483 e. The molecule has 0 unspecified atom stereocenters. The Bertz CT molecular complexity index is 1410. The highest BCUT2D eigenvalue weighted by molar-refractivity contribution is 6.35. The van der Waals surface area contributed by atoms with Crippen molar-refractivity contribution in [3.8, 4) is 17.2 Å². The number of rotatable bonds is 8. The molecule has 0 spiro atoms. The topological polar surface area (TPSA) is 127 Å². The molecule has 4 rings (SSSR count). The van der Waals surface area contributed by atoms with Crippen LogP contribution in [-0.4, -0.2) is 37.3 Å². The standard InChI is InChI=1S/C27H25ClN4O6/c1-16-3-6-21(9-17(16)2)31-25(33)14-36-22-8-5-20(28)11-19(22)13-30-32-27(35)26(34)29-12-18-4-7-23-24(10-18)38-15-37-23/h3-11,13H,12,14-15H2,1-2H3,(H,29,34)(H,31,33)(H,32,35)/b30-13-. The molecule has 11 heteroatoms. The van der Waals surface area contributed by atoms with E-state index in [0.717, 1.165) is 16.7 Å². The lowest BCUT2D eigenvalue weighted by molar-refractivity contribution is -0.139. The summed E-state index contributed by atoms with van der Waals surface area (Å²) in [6.07, 6.45) is 1.27. The number of benzene rings is 3. The van der Waals surface area contributed by atoms with Gasteiger partial charge in [-0.3, -0.25) is 14.4 Å². The van der Waals surface area contributed by atoms with Crippen molar-refractivity contribution in [3.63, 3.8) is 0 Å². The molecule has 196 valence electrons. The van der Waals surface area contributed by atoms with Gasteiger partial charge in [-0.2, -0.15) is 5.10 Å². The number of nitrogens with one attached hydrogen (secondary N) is 3. The maximum atomic E-state index is 12.3. The number of ether oxygens (including phenoxy) is 3. The van der Waals surface area contributed by atoms with E-state index < -0.39 is 11.8 Å². The average molecular weight is 537 g/mol. The third-order valence-corrected chi connectivity index (χ3v) is 5.82. The molecular formula is C27H25ClN4O6. The van der Waals surface area contributed by atoms with Crippen LogP contribution in [-0.2, 0) is 20.9 Å². The highest BCUT2D eigenvalue weighted by Crippen LogP contribution is 2.32. The second-order valence-electron chi connectivity index (χ2n) is 8.39. The molecule has 3 amide bonds. The lowest BCUT2D eigenvalue weighted by Gasteiger charge is -2.11. The van der Waals surface area contributed by atoms with Crippen molar-refractivity contribution in [2.75, 3.05) is 18.7 Å². The van der Waals surface area contributed by atoms with Crippen LogP contribution in [0.3, 0.4) is 0 Å². The van der Waals surface area contributed by atoms with Gasteiger partial charge in [-0.1, -0.05) is 23.7 Å². The maximum absolute atomic E-state index is 12.3. The molecule has 38 heavy (non-hydrogen) atoms. The molecule has 0 atom stereocenters. The van der Waals surface area contributed by atoms with E-state index in [4.69, 9.17) is 25.8 Å². The van der Waals surface area contributed by atoms with E-state index in [1.807, 2.05) is 32.0 Å². The largest absolute Gasteiger partial charge is 0.483 e. The Kier molecular flexibility index (Phi) is 8.44. The lowest BCUT2D eigenvalue weighted by atomic mass is 10.1. The van der Waals surface area contributed by atoms with Crippen LogP contribution in [0.1, 0.15) is 22.3 Å². The van der Waals surface area contributed by atoms with Gasteiger partial charge in [0.25, 0.3) is 5.91 Å². The van der Waals surface area contributed by atoms with E-state index in [-0.39, 0.29) is 25.9 Å². The second kappa shape index (κ2) is 12.1. The van der Waals surface area contributed by atoms with Gasteiger partial charge in [0.1, 0.15) is 5.75 Å². The van der Waals surface area contributed by atoms with Crippen LogP contribution < -0.4 is 30.3 Å². The summed E-state index contributed by atoms with van der Waals surface area (Å²) in [5, 5.41) is 9.50. The van der Waals surface area contributed by atoms with Crippen LogP contribution in [0, 0.1) is 13.8 Å². The summed E-state index contributed by atoms with van der Waals surface area (Å²) in [5.41, 5.74) is 6.14. The number of anilines is 1. The molecule has 0 aliphatic carbocycles. The Morgan fingerprint density at radius 3 is 2.61 bits per heavy atom. The first-order chi connectivity index (χ1) is 18.3. The number of amides is 3. The molecule has 0 aromatic heterocycles. The number of aryl methyl sites for hydroxylation is 2. The van der Waals surface area contributed by atoms with E-state index in [2.05, 4.69) is 21.2 Å². The number of halogens is 1. The Balaban J connectivity index is 1.28. The molecule has 0 radical (unpaired) electrons. The van der Waals surface area contributed by atoms with Crippen LogP contribution >= 0.6 is 11.6 Å². The van der Waals surface area contributed by atoms with Crippen molar-refractivity contribution in [1.82, 2.24) is 10.7 Å². The molecular weight excluding hydrogens is 512 g/mol. The van der Waals surface area contributed by atoms with E-state index in [9.17, 15) is 14.4 Å². The van der Waals surface area contributed by atoms with Crippen LogP contribution in [0.25, 0.3) is 0 Å². The zero-order chi connectivity index (χ0) is 27.1. The molecule has 1 aliphatic heterocycles. The van der Waals surface area contributed by atoms with Crippen molar-refractivity contribution in [2.45, 2.75) is 20.4 Å². The van der Waals surface area contributed by atoms with Gasteiger partial charge in [-0.15, -0.1) is 0 Å². The van der Waals surface area contributed by atoms with Gasteiger partial charge in [0.2, 0.25) is 6.79 Å². The summed E-state index contributed by atoms with van der Waals surface area (Å²) in [6.45, 7) is 3.95. The predicted octanol–water partition coefficient (Wildman–Crippen LogP) is 3.47. The summed E-state index contributed by atoms with van der Waals surface area (Å²) in [4.78, 5) is 36.6. The fourth-order valence-electron chi connectivity index (χ4n) is 3.44. The molecule has 3 aromatic carbocycles. The molecule has 1 aliphatic rings. The van der Waals surface area contributed by atoms with Gasteiger partial charge >= 0.3 is 11.8 Å². The SMILES string of the molecule is Cc1ccc(NC(=O)COc2ccc(Cl)cc2/C=N\NC(=O)C(=O)NCc2ccc3c(c2)OCO3)cc1C. The van der Waals surface area contributed by atoms with E-state index >= 15 is 0 Å². The van der Waals surface area contributed by atoms with Gasteiger partial charge in [0, 0.05) is 22.8 Å². The van der Waals surface area contributed by atoms with E-state index in [1.165, 1.54) is 6.21 Å². The highest BCUT2D eigenvalue weighted by atomic mass is 35.5. The second-order valence-corrected chi connectivity index (χ2v) is 8.82. The molecule has 3 aromatic rings. The molecule has 0 saturated carbocycles. The van der Waals surface area contributed by atoms with Gasteiger partial charge in [0.15, 0.2) is 18.1 Å². The zero-order valence-electron chi connectivity index (χ0n) is 20.7. The normalized spacial score (nSPS) is 11.8. The van der Waals surface area contributed by atoms with Gasteiger partial charge in [-0.25, -0.2) is 5.43 Å². The van der Waals surface area contributed by atoms with Crippen LogP contribution in [0.4, 0.5) is 5.69 Å². The Hall–Kier alpha value is -4.57. The Morgan fingerprint density at radius 2 is 1.79 bits per heavy atom. The monoisotopic (exact) mass is 536 g/mol. The van der Waals surface area contributed by atoms with Crippen molar-refractivity contribution < 1.29 is 28.6 Å². The average Bonchev–Trinajstić information content (AvgIpc) is 3.37. The molecule has 0 fully saturated rings. The highest BCUT2D eigenvalue weighted by Gasteiger charge is 2.16. The van der Waals surface area contributed by atoms with Crippen LogP contribution in [0.2, 0.25) is 5.02 Å². The van der Waals surface area contributed by atoms with Crippen LogP contribution in [0.5, 0.6) is 17.2 Å². The smallest absolute Gasteiger partial charge is 0.329 e. The third kappa shape index (κ3) is 7.01. The first-order valence-corrected chi connectivity index (χ1v) is 12.0. The quantitative estimate of drug-likeness (QED) is 0.230. The van der Waals surface area contributed by atoms with E-state index in [0.29, 0.717) is 33.5 Å². The Morgan fingerprint density at radius 1 is 0.974 bits per heavy atom. The number of carbonyl (C=O) groups is 3. The number of hydrazone groups is 1. The summed E-state index contributed by atoms with van der Waals surface area (Å²) in [7, 11) is 0. The summed E-state index contributed by atoms with van der Waals surface area (Å²) >= 11 is 6.08. The summed E-state index contributed by atoms with van der Waals surface area (Å²) in [5.74, 6) is -0.662. The first kappa shape index (κ1) is 26.5. The fourth-order valence-corrected chi connectivity index (χ4v) is 3.62. The molecule has 0 saturated heterocycles. The van der Waals surface area contributed by atoms with Crippen molar-refractivity contribution >= 4 is 41.2 Å². The zero-order valence-corrected chi connectivity index (χ0v) is 21.4. The first-order valence-electron chi connectivity index (χ1n) is 11.6. The van der Waals surface area contributed by atoms with E-state index in [1.54, 1.807) is 36.4 Å². The molecule has 0 bridgehead atoms. The maximum Gasteiger partial charge on any atom is 0.329 e. The third-order valence-electron chi connectivity index (χ3n) is 5.59. The Labute approximate surface area is 223 Å². The summed E-state index contributed by atoms with van der Waals surface area (Å²) < 4.78 is 16.2. The molecule has 1 heterocycles. The van der Waals surface area contributed by atoms with Crippen molar-refractivity contribution in [1.29, 1.82) is 0 Å². The van der Waals surface area contributed by atoms with Crippen molar-refractivity contribution in [3.05, 3.63) is 81.9 Å². The van der Waals surface area contributed by atoms with Gasteiger partial charge < -0.3 is 24.8 Å². The number of carbonyl (C=O) groups excluding carboxylic acids is 3. The minimum atomic E-state index is -0.959. The lowest BCUT2D eigenvalue weighted by Crippen LogP contribution is -2.37. The van der Waals surface area contributed by atoms with Crippen molar-refractivity contribution in [2.24, 2.45) is 5.10 Å².